The molecule has 0 aliphatic rings. The van der Waals surface area contributed by atoms with Gasteiger partial charge in [0.1, 0.15) is 6.10 Å². The number of hydrogen-bond donors (Lipinski definition) is 1. The Labute approximate surface area is 117 Å². The Balaban J connectivity index is 2.02. The van der Waals surface area contributed by atoms with Gasteiger partial charge < -0.3 is 5.11 Å². The summed E-state index contributed by atoms with van der Waals surface area (Å²) in [6, 6.07) is 11.8. The summed E-state index contributed by atoms with van der Waals surface area (Å²) in [4.78, 5) is 4.39. The van der Waals surface area contributed by atoms with Gasteiger partial charge in [0.2, 0.25) is 0 Å². The van der Waals surface area contributed by atoms with Gasteiger partial charge in [0.15, 0.2) is 0 Å². The van der Waals surface area contributed by atoms with Crippen molar-refractivity contribution >= 4 is 10.9 Å². The van der Waals surface area contributed by atoms with E-state index < -0.39 is 6.10 Å². The Morgan fingerprint density at radius 3 is 2.80 bits per heavy atom. The second kappa shape index (κ2) is 5.06. The van der Waals surface area contributed by atoms with E-state index in [0.717, 1.165) is 34.3 Å². The molecule has 3 rings (SSSR count). The Hall–Kier alpha value is -2.20. The van der Waals surface area contributed by atoms with Gasteiger partial charge in [0, 0.05) is 24.2 Å². The van der Waals surface area contributed by atoms with Crippen LogP contribution in [-0.4, -0.2) is 19.9 Å². The number of aromatic nitrogens is 3. The fourth-order valence-electron chi connectivity index (χ4n) is 2.38. The zero-order valence-electron chi connectivity index (χ0n) is 11.6. The van der Waals surface area contributed by atoms with Crippen LogP contribution in [0.15, 0.2) is 42.6 Å². The topological polar surface area (TPSA) is 50.9 Å². The normalized spacial score (nSPS) is 12.8. The lowest BCUT2D eigenvalue weighted by Gasteiger charge is -2.11. The first-order valence-electron chi connectivity index (χ1n) is 6.74. The van der Waals surface area contributed by atoms with Crippen LogP contribution in [0, 0.1) is 0 Å². The maximum Gasteiger partial charge on any atom is 0.122 e. The average molecular weight is 267 g/mol. The van der Waals surface area contributed by atoms with Crippen LogP contribution in [0.25, 0.3) is 10.9 Å². The molecule has 0 aliphatic carbocycles. The van der Waals surface area contributed by atoms with Crippen LogP contribution < -0.4 is 0 Å². The molecule has 0 amide bonds. The summed E-state index contributed by atoms with van der Waals surface area (Å²) >= 11 is 0. The monoisotopic (exact) mass is 267 g/mol. The molecule has 20 heavy (non-hydrogen) atoms. The molecule has 1 aromatic carbocycles. The summed E-state index contributed by atoms with van der Waals surface area (Å²) in [5.41, 5.74) is 3.49. The summed E-state index contributed by atoms with van der Waals surface area (Å²) < 4.78 is 1.73. The highest BCUT2D eigenvalue weighted by atomic mass is 16.3. The van der Waals surface area contributed by atoms with Gasteiger partial charge in [0.25, 0.3) is 0 Å². The van der Waals surface area contributed by atoms with Crippen molar-refractivity contribution in [1.29, 1.82) is 0 Å². The molecule has 1 atom stereocenters. The molecule has 4 nitrogen and oxygen atoms in total. The lowest BCUT2D eigenvalue weighted by molar-refractivity contribution is 0.209. The SMILES string of the molecule is CCc1cc(C(O)c2cnc3ccccc3c2)n(C)n1. The smallest absolute Gasteiger partial charge is 0.122 e. The first kappa shape index (κ1) is 12.8. The molecule has 0 saturated heterocycles. The molecule has 0 saturated carbocycles. The maximum atomic E-state index is 10.5. The molecule has 1 unspecified atom stereocenters. The molecule has 0 spiro atoms. The van der Waals surface area contributed by atoms with E-state index in [2.05, 4.69) is 17.0 Å². The zero-order valence-corrected chi connectivity index (χ0v) is 11.6. The summed E-state index contributed by atoms with van der Waals surface area (Å²) in [6.45, 7) is 2.05. The molecule has 0 bridgehead atoms. The number of hydrogen-bond acceptors (Lipinski definition) is 3. The van der Waals surface area contributed by atoms with Gasteiger partial charge in [-0.1, -0.05) is 25.1 Å². The minimum atomic E-state index is -0.704. The fraction of sp³-hybridized carbons (Fsp3) is 0.250. The number of aryl methyl sites for hydroxylation is 2. The van der Waals surface area contributed by atoms with Crippen molar-refractivity contribution in [2.45, 2.75) is 19.4 Å². The lowest BCUT2D eigenvalue weighted by atomic mass is 10.1. The van der Waals surface area contributed by atoms with Crippen molar-refractivity contribution in [1.82, 2.24) is 14.8 Å². The number of para-hydroxylation sites is 1. The third kappa shape index (κ3) is 2.18. The lowest BCUT2D eigenvalue weighted by Crippen LogP contribution is -2.07. The number of nitrogens with zero attached hydrogens (tertiary/aromatic N) is 3. The molecule has 0 radical (unpaired) electrons. The Kier molecular flexibility index (Phi) is 3.24. The molecule has 1 N–H and O–H groups in total. The van der Waals surface area contributed by atoms with Gasteiger partial charge in [-0.15, -0.1) is 0 Å². The molecule has 0 aliphatic heterocycles. The predicted molar refractivity (Wildman–Crippen MR) is 78.4 cm³/mol. The van der Waals surface area contributed by atoms with Crippen molar-refractivity contribution in [3.63, 3.8) is 0 Å². The van der Waals surface area contributed by atoms with Gasteiger partial charge in [-0.25, -0.2) is 0 Å². The molecule has 2 heterocycles. The van der Waals surface area contributed by atoms with Gasteiger partial charge in [-0.2, -0.15) is 5.10 Å². The highest BCUT2D eigenvalue weighted by molar-refractivity contribution is 5.78. The van der Waals surface area contributed by atoms with E-state index in [1.54, 1.807) is 10.9 Å². The minimum absolute atomic E-state index is 0.704. The van der Waals surface area contributed by atoms with Gasteiger partial charge in [0.05, 0.1) is 16.9 Å². The standard InChI is InChI=1S/C16H17N3O/c1-3-13-9-15(19(2)18-13)16(20)12-8-11-6-4-5-7-14(11)17-10-12/h4-10,16,20H,3H2,1-2H3. The van der Waals surface area contributed by atoms with Crippen molar-refractivity contribution in [2.24, 2.45) is 7.05 Å². The van der Waals surface area contributed by atoms with Crippen LogP contribution in [0.2, 0.25) is 0 Å². The first-order valence-corrected chi connectivity index (χ1v) is 6.74. The number of aliphatic hydroxyl groups is 1. The molecule has 0 fully saturated rings. The molecule has 2 aromatic heterocycles. The molecule has 4 heteroatoms. The Morgan fingerprint density at radius 2 is 2.05 bits per heavy atom. The molecule has 3 aromatic rings. The molecule has 102 valence electrons. The van der Waals surface area contributed by atoms with Gasteiger partial charge >= 0.3 is 0 Å². The van der Waals surface area contributed by atoms with Crippen LogP contribution >= 0.6 is 0 Å². The van der Waals surface area contributed by atoms with Crippen molar-refractivity contribution in [3.8, 4) is 0 Å². The van der Waals surface area contributed by atoms with E-state index in [9.17, 15) is 5.11 Å². The first-order chi connectivity index (χ1) is 9.69. The molecular formula is C16H17N3O. The van der Waals surface area contributed by atoms with E-state index in [1.807, 2.05) is 43.4 Å². The zero-order chi connectivity index (χ0) is 14.1. The summed E-state index contributed by atoms with van der Waals surface area (Å²) in [7, 11) is 1.85. The summed E-state index contributed by atoms with van der Waals surface area (Å²) in [5, 5.41) is 15.9. The number of rotatable bonds is 3. The van der Waals surface area contributed by atoms with Crippen LogP contribution in [0.5, 0.6) is 0 Å². The van der Waals surface area contributed by atoms with Crippen molar-refractivity contribution in [3.05, 3.63) is 59.5 Å². The van der Waals surface area contributed by atoms with E-state index in [1.165, 1.54) is 0 Å². The largest absolute Gasteiger partial charge is 0.382 e. The van der Waals surface area contributed by atoms with Crippen LogP contribution in [0.1, 0.15) is 30.0 Å². The van der Waals surface area contributed by atoms with E-state index >= 15 is 0 Å². The van der Waals surface area contributed by atoms with Crippen LogP contribution in [0.4, 0.5) is 0 Å². The maximum absolute atomic E-state index is 10.5. The summed E-state index contributed by atoms with van der Waals surface area (Å²) in [6.07, 6.45) is 1.88. The van der Waals surface area contributed by atoms with Crippen LogP contribution in [0.3, 0.4) is 0 Å². The second-order valence-electron chi connectivity index (χ2n) is 4.90. The third-order valence-electron chi connectivity index (χ3n) is 3.54. The predicted octanol–water partition coefficient (Wildman–Crippen LogP) is 2.61. The quantitative estimate of drug-likeness (QED) is 0.793. The second-order valence-corrected chi connectivity index (χ2v) is 4.90. The highest BCUT2D eigenvalue weighted by Gasteiger charge is 2.16. The number of pyridine rings is 1. The summed E-state index contributed by atoms with van der Waals surface area (Å²) in [5.74, 6) is 0. The van der Waals surface area contributed by atoms with Crippen LogP contribution in [-0.2, 0) is 13.5 Å². The van der Waals surface area contributed by atoms with Crippen molar-refractivity contribution < 1.29 is 5.11 Å². The van der Waals surface area contributed by atoms with E-state index in [0.29, 0.717) is 0 Å². The number of aliphatic hydroxyl groups excluding tert-OH is 1. The third-order valence-corrected chi connectivity index (χ3v) is 3.54. The van der Waals surface area contributed by atoms with Gasteiger partial charge in [-0.05, 0) is 24.6 Å². The van der Waals surface area contributed by atoms with Crippen molar-refractivity contribution in [2.75, 3.05) is 0 Å². The van der Waals surface area contributed by atoms with E-state index in [-0.39, 0.29) is 0 Å². The number of fused-ring (bicyclic) bond motifs is 1. The van der Waals surface area contributed by atoms with E-state index in [4.69, 9.17) is 0 Å². The fourth-order valence-corrected chi connectivity index (χ4v) is 2.38. The molecular weight excluding hydrogens is 250 g/mol. The minimum Gasteiger partial charge on any atom is -0.382 e. The Bertz CT molecular complexity index is 748. The Morgan fingerprint density at radius 1 is 1.25 bits per heavy atom. The highest BCUT2D eigenvalue weighted by Crippen LogP contribution is 2.24. The van der Waals surface area contributed by atoms with Gasteiger partial charge in [-0.3, -0.25) is 9.67 Å². The number of benzene rings is 1. The average Bonchev–Trinajstić information content (AvgIpc) is 2.87.